The molecule has 4 rings (SSSR count). The van der Waals surface area contributed by atoms with Crippen molar-refractivity contribution < 1.29 is 31.9 Å². The number of anilines is 1. The van der Waals surface area contributed by atoms with Crippen LogP contribution in [0.5, 0.6) is 5.75 Å². The average molecular weight is 462 g/mol. The minimum absolute atomic E-state index is 0.0699. The third-order valence-corrected chi connectivity index (χ3v) is 5.49. The second-order valence-electron chi connectivity index (χ2n) is 6.65. The summed E-state index contributed by atoms with van der Waals surface area (Å²) in [5.41, 5.74) is -0.239. The van der Waals surface area contributed by atoms with Crippen LogP contribution in [0.4, 0.5) is 18.9 Å². The molecular formula is C22H17F3N2O4S. The van der Waals surface area contributed by atoms with Crippen LogP contribution in [0, 0.1) is 0 Å². The number of carbonyl (C=O) groups is 1. The number of amides is 1. The lowest BCUT2D eigenvalue weighted by Gasteiger charge is -2.15. The zero-order chi connectivity index (χ0) is 22.7. The van der Waals surface area contributed by atoms with Crippen molar-refractivity contribution in [2.45, 2.75) is 6.18 Å². The van der Waals surface area contributed by atoms with Gasteiger partial charge in [-0.1, -0.05) is 12.1 Å². The number of alkyl halides is 3. The number of thiazole rings is 1. The normalized spacial score (nSPS) is 11.6. The van der Waals surface area contributed by atoms with Crippen LogP contribution < -0.4 is 10.1 Å². The summed E-state index contributed by atoms with van der Waals surface area (Å²) >= 11 is 1.40. The Morgan fingerprint density at radius 1 is 1.12 bits per heavy atom. The van der Waals surface area contributed by atoms with Gasteiger partial charge in [0.15, 0.2) is 16.5 Å². The van der Waals surface area contributed by atoms with Crippen molar-refractivity contribution in [1.82, 2.24) is 4.98 Å². The van der Waals surface area contributed by atoms with E-state index in [4.69, 9.17) is 13.9 Å². The number of para-hydroxylation sites is 1. The molecule has 0 fully saturated rings. The average Bonchev–Trinajstić information content (AvgIpc) is 3.41. The first-order valence-electron chi connectivity index (χ1n) is 9.45. The number of halogens is 3. The molecule has 2 aromatic heterocycles. The summed E-state index contributed by atoms with van der Waals surface area (Å²) in [6.45, 7) is 0.339. The summed E-state index contributed by atoms with van der Waals surface area (Å²) in [5.74, 6) is -0.314. The minimum Gasteiger partial charge on any atom is -0.489 e. The SMILES string of the molecule is COCCOc1ccc(C(F)(F)F)cc1NC(=O)c1ccc(-c2nc3ccccc3s2)o1. The summed E-state index contributed by atoms with van der Waals surface area (Å²) < 4.78 is 56.4. The molecule has 32 heavy (non-hydrogen) atoms. The van der Waals surface area contributed by atoms with Gasteiger partial charge in [0.1, 0.15) is 12.4 Å². The van der Waals surface area contributed by atoms with Crippen molar-refractivity contribution in [3.63, 3.8) is 0 Å². The fourth-order valence-corrected chi connectivity index (χ4v) is 3.83. The third kappa shape index (κ3) is 4.76. The van der Waals surface area contributed by atoms with Crippen molar-refractivity contribution in [1.29, 1.82) is 0 Å². The van der Waals surface area contributed by atoms with E-state index in [-0.39, 0.29) is 30.4 Å². The fourth-order valence-electron chi connectivity index (χ4n) is 2.90. The lowest BCUT2D eigenvalue weighted by molar-refractivity contribution is -0.137. The van der Waals surface area contributed by atoms with Crippen LogP contribution in [0.2, 0.25) is 0 Å². The molecule has 1 amide bonds. The van der Waals surface area contributed by atoms with Gasteiger partial charge in [-0.15, -0.1) is 11.3 Å². The quantitative estimate of drug-likeness (QED) is 0.349. The van der Waals surface area contributed by atoms with E-state index >= 15 is 0 Å². The van der Waals surface area contributed by atoms with Crippen molar-refractivity contribution >= 4 is 33.1 Å². The van der Waals surface area contributed by atoms with E-state index in [9.17, 15) is 18.0 Å². The predicted octanol–water partition coefficient (Wildman–Crippen LogP) is 5.85. The molecule has 0 saturated carbocycles. The molecule has 0 bridgehead atoms. The van der Waals surface area contributed by atoms with Gasteiger partial charge in [0.2, 0.25) is 0 Å². The third-order valence-electron chi connectivity index (χ3n) is 4.43. The van der Waals surface area contributed by atoms with Crippen LogP contribution in [0.15, 0.2) is 59.0 Å². The monoisotopic (exact) mass is 462 g/mol. The lowest BCUT2D eigenvalue weighted by Crippen LogP contribution is -2.15. The van der Waals surface area contributed by atoms with E-state index in [1.165, 1.54) is 24.5 Å². The van der Waals surface area contributed by atoms with Gasteiger partial charge in [-0.25, -0.2) is 4.98 Å². The first-order chi connectivity index (χ1) is 15.3. The summed E-state index contributed by atoms with van der Waals surface area (Å²) in [4.78, 5) is 17.2. The Hall–Kier alpha value is -3.37. The molecule has 4 aromatic rings. The van der Waals surface area contributed by atoms with Gasteiger partial charge < -0.3 is 19.2 Å². The van der Waals surface area contributed by atoms with Gasteiger partial charge in [0.05, 0.1) is 28.1 Å². The molecular weight excluding hydrogens is 445 g/mol. The number of carbonyl (C=O) groups excluding carboxylic acids is 1. The van der Waals surface area contributed by atoms with Gasteiger partial charge in [-0.05, 0) is 42.5 Å². The molecule has 2 aromatic carbocycles. The number of furan rings is 1. The van der Waals surface area contributed by atoms with Gasteiger partial charge in [0, 0.05) is 7.11 Å². The predicted molar refractivity (Wildman–Crippen MR) is 114 cm³/mol. The van der Waals surface area contributed by atoms with Crippen molar-refractivity contribution in [3.8, 4) is 16.5 Å². The van der Waals surface area contributed by atoms with Crippen LogP contribution in [-0.2, 0) is 10.9 Å². The second-order valence-corrected chi connectivity index (χ2v) is 7.69. The van der Waals surface area contributed by atoms with Crippen molar-refractivity contribution in [3.05, 3.63) is 65.9 Å². The molecule has 0 atom stereocenters. The lowest BCUT2D eigenvalue weighted by atomic mass is 10.1. The van der Waals surface area contributed by atoms with Crippen molar-refractivity contribution in [2.75, 3.05) is 25.6 Å². The zero-order valence-corrected chi connectivity index (χ0v) is 17.5. The van der Waals surface area contributed by atoms with Crippen LogP contribution in [0.25, 0.3) is 21.0 Å². The highest BCUT2D eigenvalue weighted by Gasteiger charge is 2.31. The molecule has 166 valence electrons. The molecule has 0 spiro atoms. The number of benzene rings is 2. The van der Waals surface area contributed by atoms with E-state index in [2.05, 4.69) is 10.3 Å². The molecule has 10 heteroatoms. The van der Waals surface area contributed by atoms with E-state index in [1.54, 1.807) is 6.07 Å². The highest BCUT2D eigenvalue weighted by Crippen LogP contribution is 2.36. The number of methoxy groups -OCH3 is 1. The molecule has 1 N–H and O–H groups in total. The molecule has 6 nitrogen and oxygen atoms in total. The Balaban J connectivity index is 1.57. The fraction of sp³-hybridized carbons (Fsp3) is 0.182. The highest BCUT2D eigenvalue weighted by molar-refractivity contribution is 7.21. The van der Waals surface area contributed by atoms with Gasteiger partial charge >= 0.3 is 6.18 Å². The number of rotatable bonds is 7. The number of hydrogen-bond donors (Lipinski definition) is 1. The first-order valence-corrected chi connectivity index (χ1v) is 10.3. The summed E-state index contributed by atoms with van der Waals surface area (Å²) in [6, 6.07) is 13.4. The number of fused-ring (bicyclic) bond motifs is 1. The van der Waals surface area contributed by atoms with Crippen LogP contribution in [0.1, 0.15) is 16.1 Å². The first kappa shape index (κ1) is 21.8. The zero-order valence-electron chi connectivity index (χ0n) is 16.7. The number of ether oxygens (including phenoxy) is 2. The van der Waals surface area contributed by atoms with Crippen molar-refractivity contribution in [2.24, 2.45) is 0 Å². The minimum atomic E-state index is -4.57. The number of aromatic nitrogens is 1. The maximum Gasteiger partial charge on any atom is 0.416 e. The molecule has 0 aliphatic heterocycles. The van der Waals surface area contributed by atoms with Crippen LogP contribution >= 0.6 is 11.3 Å². The standard InChI is InChI=1S/C22H17F3N2O4S/c1-29-10-11-30-16-7-6-13(22(23,24)25)12-15(16)26-20(28)17-8-9-18(31-17)21-27-14-4-2-3-5-19(14)32-21/h2-9,12H,10-11H2,1H3,(H,26,28). The molecule has 2 heterocycles. The van der Waals surface area contributed by atoms with E-state index in [0.29, 0.717) is 10.8 Å². The number of nitrogens with one attached hydrogen (secondary N) is 1. The maximum absolute atomic E-state index is 13.1. The molecule has 0 radical (unpaired) electrons. The van der Waals surface area contributed by atoms with Crippen LogP contribution in [-0.4, -0.2) is 31.2 Å². The second kappa shape index (κ2) is 9.01. The summed E-state index contributed by atoms with van der Waals surface area (Å²) in [7, 11) is 1.47. The largest absolute Gasteiger partial charge is 0.489 e. The molecule has 0 unspecified atom stereocenters. The summed E-state index contributed by atoms with van der Waals surface area (Å²) in [5, 5.41) is 3.03. The smallest absolute Gasteiger partial charge is 0.416 e. The Labute approximate surface area is 184 Å². The Morgan fingerprint density at radius 3 is 2.69 bits per heavy atom. The molecule has 0 aliphatic rings. The topological polar surface area (TPSA) is 73.6 Å². The Morgan fingerprint density at radius 2 is 1.94 bits per heavy atom. The number of hydrogen-bond acceptors (Lipinski definition) is 6. The summed E-state index contributed by atoms with van der Waals surface area (Å²) in [6.07, 6.45) is -4.57. The molecule has 0 aliphatic carbocycles. The highest BCUT2D eigenvalue weighted by atomic mass is 32.1. The number of nitrogens with zero attached hydrogens (tertiary/aromatic N) is 1. The van der Waals surface area contributed by atoms with E-state index < -0.39 is 17.6 Å². The van der Waals surface area contributed by atoms with E-state index in [1.807, 2.05) is 24.3 Å². The van der Waals surface area contributed by atoms with Gasteiger partial charge in [0.25, 0.3) is 5.91 Å². The van der Waals surface area contributed by atoms with Crippen LogP contribution in [0.3, 0.4) is 0 Å². The van der Waals surface area contributed by atoms with E-state index in [0.717, 1.165) is 28.4 Å². The van der Waals surface area contributed by atoms with Gasteiger partial charge in [-0.3, -0.25) is 4.79 Å². The maximum atomic E-state index is 13.1. The molecule has 0 saturated heterocycles. The Bertz CT molecular complexity index is 1220. The van der Waals surface area contributed by atoms with Gasteiger partial charge in [-0.2, -0.15) is 13.2 Å². The Kier molecular flexibility index (Phi) is 6.15.